The van der Waals surface area contributed by atoms with E-state index < -0.39 is 0 Å². The van der Waals surface area contributed by atoms with Crippen LogP contribution in [0.5, 0.6) is 0 Å². The Labute approximate surface area is 422 Å². The molecule has 0 saturated heterocycles. The van der Waals surface area contributed by atoms with Crippen molar-refractivity contribution in [1.29, 1.82) is 0 Å². The van der Waals surface area contributed by atoms with Crippen LogP contribution in [0, 0.1) is 6.92 Å². The lowest BCUT2D eigenvalue weighted by molar-refractivity contribution is 1.49. The van der Waals surface area contributed by atoms with Crippen LogP contribution < -0.4 is 0 Å². The van der Waals surface area contributed by atoms with Gasteiger partial charge in [0.15, 0.2) is 0 Å². The highest BCUT2D eigenvalue weighted by Crippen LogP contribution is 2.57. The minimum Gasteiger partial charge on any atom is -0.0622 e. The molecule has 0 heterocycles. The summed E-state index contributed by atoms with van der Waals surface area (Å²) in [5, 5.41) is 25.8. The first-order valence-corrected chi connectivity index (χ1v) is 25.6. The van der Waals surface area contributed by atoms with Gasteiger partial charge in [-0.25, -0.2) is 0 Å². The molecular weight excluding hydrogens is 877 g/mol. The van der Waals surface area contributed by atoms with Gasteiger partial charge < -0.3 is 0 Å². The number of hydrogen-bond acceptors (Lipinski definition) is 0. The van der Waals surface area contributed by atoms with Gasteiger partial charge in [-0.1, -0.05) is 224 Å². The summed E-state index contributed by atoms with van der Waals surface area (Å²) in [6, 6.07) is 93.8. The Kier molecular flexibility index (Phi) is 8.47. The molecule has 16 rings (SSSR count). The van der Waals surface area contributed by atoms with Crippen molar-refractivity contribution < 1.29 is 0 Å². The highest BCUT2D eigenvalue weighted by molar-refractivity contribution is 6.47. The molecule has 16 aromatic rings. The van der Waals surface area contributed by atoms with Gasteiger partial charge in [0.2, 0.25) is 0 Å². The van der Waals surface area contributed by atoms with Gasteiger partial charge in [0.25, 0.3) is 0 Å². The molecule has 0 atom stereocenters. The van der Waals surface area contributed by atoms with Gasteiger partial charge in [-0.15, -0.1) is 0 Å². The van der Waals surface area contributed by atoms with Gasteiger partial charge in [0.1, 0.15) is 0 Å². The predicted octanol–water partition coefficient (Wildman–Crippen LogP) is 20.7. The Bertz CT molecular complexity index is 4930. The smallest absolute Gasteiger partial charge is 0.000697 e. The van der Waals surface area contributed by atoms with E-state index in [1.54, 1.807) is 0 Å². The molecule has 0 saturated carbocycles. The van der Waals surface area contributed by atoms with Crippen LogP contribution in [-0.2, 0) is 0 Å². The van der Waals surface area contributed by atoms with Crippen LogP contribution in [0.3, 0.4) is 0 Å². The number of fused-ring (bicyclic) bond motifs is 12. The summed E-state index contributed by atoms with van der Waals surface area (Å²) in [5.74, 6) is 0. The lowest BCUT2D eigenvalue weighted by atomic mass is 9.83. The summed E-state index contributed by atoms with van der Waals surface area (Å²) in [6.07, 6.45) is 0. The minimum atomic E-state index is 1.22. The topological polar surface area (TPSA) is 0 Å². The molecule has 0 heteroatoms. The number of benzene rings is 14. The quantitative estimate of drug-likeness (QED) is 0.151. The predicted molar refractivity (Wildman–Crippen MR) is 316 cm³/mol. The first-order valence-electron chi connectivity index (χ1n) is 25.6. The number of hydrogen-bond donors (Lipinski definition) is 0. The van der Waals surface area contributed by atoms with Crippen LogP contribution in [0.1, 0.15) is 5.56 Å². The Morgan fingerprint density at radius 1 is 0.192 bits per heavy atom. The zero-order valence-electron chi connectivity index (χ0n) is 40.2. The molecule has 0 radical (unpaired) electrons. The fraction of sp³-hybridized carbons (Fsp3) is 0.0137. The molecule has 0 nitrogen and oxygen atoms in total. The largest absolute Gasteiger partial charge is 0.0622 e. The summed E-state index contributed by atoms with van der Waals surface area (Å²) in [6.45, 7) is 2.25. The van der Waals surface area contributed by atoms with Crippen LogP contribution in [0.2, 0.25) is 0 Å². The van der Waals surface area contributed by atoms with Crippen LogP contribution in [0.4, 0.5) is 0 Å². The molecule has 0 bridgehead atoms. The van der Waals surface area contributed by atoms with E-state index in [0.29, 0.717) is 0 Å². The summed E-state index contributed by atoms with van der Waals surface area (Å²) >= 11 is 0. The fourth-order valence-corrected chi connectivity index (χ4v) is 13.4. The van der Waals surface area contributed by atoms with E-state index >= 15 is 0 Å². The first kappa shape index (κ1) is 40.4. The van der Waals surface area contributed by atoms with Crippen molar-refractivity contribution in [1.82, 2.24) is 0 Å². The molecule has 0 aromatic heterocycles. The normalized spacial score (nSPS) is 12.2. The lowest BCUT2D eigenvalue weighted by Gasteiger charge is -2.19. The van der Waals surface area contributed by atoms with Crippen molar-refractivity contribution in [2.45, 2.75) is 6.92 Å². The van der Waals surface area contributed by atoms with Gasteiger partial charge in [-0.3, -0.25) is 0 Å². The van der Waals surface area contributed by atoms with Crippen LogP contribution in [0.25, 0.3) is 163 Å². The molecule has 0 fully saturated rings. The van der Waals surface area contributed by atoms with Crippen molar-refractivity contribution in [3.05, 3.63) is 254 Å². The second kappa shape index (κ2) is 15.3. The molecular formula is C73H44. The Hall–Kier alpha value is -9.36. The lowest BCUT2D eigenvalue weighted by Crippen LogP contribution is -1.91. The summed E-state index contributed by atoms with van der Waals surface area (Å²) in [4.78, 5) is 0. The van der Waals surface area contributed by atoms with Crippen molar-refractivity contribution in [2.24, 2.45) is 0 Å². The third kappa shape index (κ3) is 5.72. The number of rotatable bonds is 5. The molecule has 0 amide bonds. The number of aryl methyl sites for hydroxylation is 1. The molecule has 0 unspecified atom stereocenters. The van der Waals surface area contributed by atoms with E-state index in [0.717, 1.165) is 0 Å². The third-order valence-electron chi connectivity index (χ3n) is 16.4. The molecule has 0 N–H and O–H groups in total. The van der Waals surface area contributed by atoms with Gasteiger partial charge in [0.05, 0.1) is 0 Å². The zero-order valence-corrected chi connectivity index (χ0v) is 40.2. The second-order valence-electron chi connectivity index (χ2n) is 20.2. The van der Waals surface area contributed by atoms with Crippen molar-refractivity contribution >= 4 is 108 Å². The molecule has 0 aliphatic rings. The van der Waals surface area contributed by atoms with E-state index in [1.165, 1.54) is 169 Å². The van der Waals surface area contributed by atoms with Crippen LogP contribution in [-0.4, -0.2) is 0 Å². The maximum Gasteiger partial charge on any atom is -0.000697 e. The molecule has 0 aliphatic carbocycles. The van der Waals surface area contributed by atoms with Gasteiger partial charge in [-0.05, 0) is 200 Å². The summed E-state index contributed by atoms with van der Waals surface area (Å²) in [5.41, 5.74) is 13.8. The van der Waals surface area contributed by atoms with E-state index in [1.807, 2.05) is 0 Å². The Morgan fingerprint density at radius 2 is 0.685 bits per heavy atom. The van der Waals surface area contributed by atoms with Crippen LogP contribution >= 0.6 is 0 Å². The SMILES string of the molecule is Cc1ccc2ccccc2c1-c1ccc2cc3c4c(-c5ccccc5)c5c(cc6c7c(-c8ccccc8)ccc(-c8ccccc8)c7c7cccc5c76)c(-c5ccc6ccccc6c5)c4c4cccc(c2c1)c43. The van der Waals surface area contributed by atoms with E-state index in [-0.39, 0.29) is 0 Å². The molecule has 73 heavy (non-hydrogen) atoms. The summed E-state index contributed by atoms with van der Waals surface area (Å²) < 4.78 is 0. The highest BCUT2D eigenvalue weighted by atomic mass is 14.3. The maximum absolute atomic E-state index is 2.60. The van der Waals surface area contributed by atoms with Gasteiger partial charge in [-0.2, -0.15) is 0 Å². The summed E-state index contributed by atoms with van der Waals surface area (Å²) in [7, 11) is 0. The van der Waals surface area contributed by atoms with Crippen molar-refractivity contribution in [3.63, 3.8) is 0 Å². The van der Waals surface area contributed by atoms with Gasteiger partial charge >= 0.3 is 0 Å². The Morgan fingerprint density at radius 3 is 1.40 bits per heavy atom. The van der Waals surface area contributed by atoms with Crippen molar-refractivity contribution in [3.8, 4) is 55.6 Å². The maximum atomic E-state index is 2.60. The fourth-order valence-electron chi connectivity index (χ4n) is 13.4. The van der Waals surface area contributed by atoms with Crippen molar-refractivity contribution in [2.75, 3.05) is 0 Å². The Balaban J connectivity index is 1.14. The molecule has 0 spiro atoms. The second-order valence-corrected chi connectivity index (χ2v) is 20.2. The van der Waals surface area contributed by atoms with Gasteiger partial charge in [0, 0.05) is 0 Å². The zero-order chi connectivity index (χ0) is 47.9. The van der Waals surface area contributed by atoms with E-state index in [2.05, 4.69) is 256 Å². The molecule has 336 valence electrons. The highest BCUT2D eigenvalue weighted by Gasteiger charge is 2.28. The monoisotopic (exact) mass is 920 g/mol. The first-order chi connectivity index (χ1) is 36.2. The van der Waals surface area contributed by atoms with Crippen LogP contribution in [0.15, 0.2) is 249 Å². The minimum absolute atomic E-state index is 1.22. The standard InChI is InChI=1S/C73H44/c1-43-31-32-47-22-13-14-26-53(47)64(43)52-36-34-50-40-61-67-56(60(50)41-52)27-15-30-59(67)72-65(51-35-33-44-17-11-12-25-49(44)39-51)62-42-63-68-57(28-16-29-58(68)71(62)66(73(61)72)48-23-9-4-10-24-48)69-54(45-18-5-2-6-19-45)37-38-55(70(63)69)46-20-7-3-8-21-46/h2-42H,1H3. The average molecular weight is 921 g/mol. The van der Waals surface area contributed by atoms with E-state index in [9.17, 15) is 0 Å². The molecule has 0 aliphatic heterocycles. The molecule has 16 aromatic carbocycles. The van der Waals surface area contributed by atoms with E-state index in [4.69, 9.17) is 0 Å². The average Bonchev–Trinajstić information content (AvgIpc) is 3.98. The third-order valence-corrected chi connectivity index (χ3v) is 16.4.